The van der Waals surface area contributed by atoms with Gasteiger partial charge in [0.25, 0.3) is 0 Å². The zero-order valence-corrected chi connectivity index (χ0v) is 7.97. The van der Waals surface area contributed by atoms with Gasteiger partial charge in [0, 0.05) is 6.42 Å². The van der Waals surface area contributed by atoms with Crippen molar-refractivity contribution >= 4 is 0 Å². The third-order valence-corrected chi connectivity index (χ3v) is 1.57. The molecule has 0 spiro atoms. The van der Waals surface area contributed by atoms with Crippen LogP contribution < -0.4 is 0 Å². The molecule has 0 aromatic rings. The third kappa shape index (κ3) is 9.04. The van der Waals surface area contributed by atoms with Gasteiger partial charge in [0.1, 0.15) is 0 Å². The second kappa shape index (κ2) is 10.0. The normalized spacial score (nSPS) is 9.42. The maximum atomic E-state index is 3.56. The molecule has 0 aliphatic heterocycles. The fraction of sp³-hybridized carbons (Fsp3) is 0.500. The van der Waals surface area contributed by atoms with E-state index in [-0.39, 0.29) is 0 Å². The van der Waals surface area contributed by atoms with E-state index in [1.807, 2.05) is 12.2 Å². The first-order valence-corrected chi connectivity index (χ1v) is 4.67. The van der Waals surface area contributed by atoms with Gasteiger partial charge in [-0.3, -0.25) is 0 Å². The van der Waals surface area contributed by atoms with Gasteiger partial charge < -0.3 is 0 Å². The van der Waals surface area contributed by atoms with Crippen LogP contribution in [0.2, 0.25) is 0 Å². The molecule has 0 rings (SSSR count). The van der Waals surface area contributed by atoms with Crippen molar-refractivity contribution in [3.63, 3.8) is 0 Å². The van der Waals surface area contributed by atoms with E-state index >= 15 is 0 Å². The minimum absolute atomic E-state index is 1.03. The lowest BCUT2D eigenvalue weighted by molar-refractivity contribution is 0.679. The second-order valence-corrected chi connectivity index (χ2v) is 2.73. The first-order valence-electron chi connectivity index (χ1n) is 4.67. The minimum atomic E-state index is 1.03. The van der Waals surface area contributed by atoms with Gasteiger partial charge in [0.2, 0.25) is 0 Å². The van der Waals surface area contributed by atoms with Crippen molar-refractivity contribution in [2.24, 2.45) is 0 Å². The van der Waals surface area contributed by atoms with Crippen LogP contribution in [-0.4, -0.2) is 0 Å². The Morgan fingerprint density at radius 2 is 2.08 bits per heavy atom. The summed E-state index contributed by atoms with van der Waals surface area (Å²) < 4.78 is 0. The number of allylic oxidation sites excluding steroid dienone is 3. The first-order chi connectivity index (χ1) is 5.91. The molecule has 0 fully saturated rings. The average molecular weight is 162 g/mol. The molecule has 0 amide bonds. The van der Waals surface area contributed by atoms with Gasteiger partial charge in [-0.1, -0.05) is 56.8 Å². The summed E-state index contributed by atoms with van der Waals surface area (Å²) in [6, 6.07) is 0. The van der Waals surface area contributed by atoms with E-state index in [1.54, 1.807) is 6.08 Å². The maximum absolute atomic E-state index is 3.56. The van der Waals surface area contributed by atoms with Crippen LogP contribution >= 0.6 is 0 Å². The van der Waals surface area contributed by atoms with Gasteiger partial charge in [-0.2, -0.15) is 0 Å². The molecule has 0 aliphatic carbocycles. The molecule has 0 aliphatic rings. The summed E-state index contributed by atoms with van der Waals surface area (Å²) in [5.74, 6) is 6.06. The third-order valence-electron chi connectivity index (χ3n) is 1.57. The Labute approximate surface area is 76.4 Å². The highest BCUT2D eigenvalue weighted by atomic mass is 13.9. The molecule has 0 nitrogen and oxygen atoms in total. The minimum Gasteiger partial charge on any atom is -0.0990 e. The van der Waals surface area contributed by atoms with Crippen LogP contribution in [0.5, 0.6) is 0 Å². The van der Waals surface area contributed by atoms with Gasteiger partial charge in [0.05, 0.1) is 0 Å². The SMILES string of the molecule is C=C/C=C\C#CCCCCCC. The summed E-state index contributed by atoms with van der Waals surface area (Å²) in [6.45, 7) is 5.79. The van der Waals surface area contributed by atoms with Crippen molar-refractivity contribution in [3.8, 4) is 11.8 Å². The predicted molar refractivity (Wildman–Crippen MR) is 55.9 cm³/mol. The molecule has 0 atom stereocenters. The lowest BCUT2D eigenvalue weighted by Gasteiger charge is -1.91. The Bertz CT molecular complexity index is 176. The number of hydrogen-bond donors (Lipinski definition) is 0. The number of unbranched alkanes of at least 4 members (excludes halogenated alkanes) is 4. The van der Waals surface area contributed by atoms with E-state index in [0.29, 0.717) is 0 Å². The van der Waals surface area contributed by atoms with E-state index in [1.165, 1.54) is 25.7 Å². The van der Waals surface area contributed by atoms with Crippen molar-refractivity contribution < 1.29 is 0 Å². The molecular formula is C12H18. The molecule has 0 radical (unpaired) electrons. The molecule has 0 heteroatoms. The molecule has 0 bridgehead atoms. The highest BCUT2D eigenvalue weighted by molar-refractivity contribution is 5.18. The zero-order chi connectivity index (χ0) is 9.07. The summed E-state index contributed by atoms with van der Waals surface area (Å²) in [7, 11) is 0. The summed E-state index contributed by atoms with van der Waals surface area (Å²) in [4.78, 5) is 0. The summed E-state index contributed by atoms with van der Waals surface area (Å²) >= 11 is 0. The molecule has 12 heavy (non-hydrogen) atoms. The average Bonchev–Trinajstić information content (AvgIpc) is 2.10. The number of rotatable bonds is 5. The Morgan fingerprint density at radius 3 is 2.75 bits per heavy atom. The van der Waals surface area contributed by atoms with Gasteiger partial charge in [-0.25, -0.2) is 0 Å². The highest BCUT2D eigenvalue weighted by Crippen LogP contribution is 2.00. The smallest absolute Gasteiger partial charge is 0.00922 e. The molecular weight excluding hydrogens is 144 g/mol. The summed E-state index contributed by atoms with van der Waals surface area (Å²) in [5, 5.41) is 0. The topological polar surface area (TPSA) is 0 Å². The van der Waals surface area contributed by atoms with Crippen LogP contribution in [0.3, 0.4) is 0 Å². The van der Waals surface area contributed by atoms with E-state index in [2.05, 4.69) is 25.3 Å². The Hall–Kier alpha value is -0.960. The van der Waals surface area contributed by atoms with Crippen molar-refractivity contribution in [2.75, 3.05) is 0 Å². The van der Waals surface area contributed by atoms with Crippen molar-refractivity contribution in [2.45, 2.75) is 39.0 Å². The van der Waals surface area contributed by atoms with Crippen LogP contribution in [-0.2, 0) is 0 Å². The molecule has 0 saturated heterocycles. The van der Waals surface area contributed by atoms with Crippen molar-refractivity contribution in [1.29, 1.82) is 0 Å². The predicted octanol–water partition coefficient (Wildman–Crippen LogP) is 3.70. The standard InChI is InChI=1S/C12H18/c1-3-5-7-9-11-12-10-8-6-4-2/h3,5,7H,1,4,6,8,10,12H2,2H3/b7-5-. The Kier molecular flexibility index (Phi) is 9.24. The van der Waals surface area contributed by atoms with Crippen LogP contribution in [0.15, 0.2) is 24.8 Å². The Balaban J connectivity index is 3.21. The fourth-order valence-electron chi connectivity index (χ4n) is 0.887. The second-order valence-electron chi connectivity index (χ2n) is 2.73. The van der Waals surface area contributed by atoms with Crippen molar-refractivity contribution in [1.82, 2.24) is 0 Å². The fourth-order valence-corrected chi connectivity index (χ4v) is 0.887. The van der Waals surface area contributed by atoms with Crippen LogP contribution in [0.4, 0.5) is 0 Å². The highest BCUT2D eigenvalue weighted by Gasteiger charge is 1.82. The monoisotopic (exact) mass is 162 g/mol. The quantitative estimate of drug-likeness (QED) is 0.328. The van der Waals surface area contributed by atoms with E-state index in [0.717, 1.165) is 6.42 Å². The van der Waals surface area contributed by atoms with Crippen LogP contribution in [0.1, 0.15) is 39.0 Å². The van der Waals surface area contributed by atoms with Crippen molar-refractivity contribution in [3.05, 3.63) is 24.8 Å². The molecule has 0 aromatic carbocycles. The summed E-state index contributed by atoms with van der Waals surface area (Å²) in [5.41, 5.74) is 0. The lowest BCUT2D eigenvalue weighted by atomic mass is 10.2. The van der Waals surface area contributed by atoms with Gasteiger partial charge >= 0.3 is 0 Å². The molecule has 0 N–H and O–H groups in total. The van der Waals surface area contributed by atoms with Crippen LogP contribution in [0.25, 0.3) is 0 Å². The first kappa shape index (κ1) is 11.0. The van der Waals surface area contributed by atoms with Gasteiger partial charge in [-0.05, 0) is 12.5 Å². The Morgan fingerprint density at radius 1 is 1.25 bits per heavy atom. The largest absolute Gasteiger partial charge is 0.0990 e. The van der Waals surface area contributed by atoms with Gasteiger partial charge in [0.15, 0.2) is 0 Å². The van der Waals surface area contributed by atoms with E-state index in [4.69, 9.17) is 0 Å². The van der Waals surface area contributed by atoms with Crippen LogP contribution in [0, 0.1) is 11.8 Å². The maximum Gasteiger partial charge on any atom is 0.00922 e. The van der Waals surface area contributed by atoms with E-state index in [9.17, 15) is 0 Å². The molecule has 0 saturated carbocycles. The molecule has 0 heterocycles. The molecule has 0 aromatic heterocycles. The summed E-state index contributed by atoms with van der Waals surface area (Å²) in [6.07, 6.45) is 11.7. The number of hydrogen-bond acceptors (Lipinski definition) is 0. The van der Waals surface area contributed by atoms with E-state index < -0.39 is 0 Å². The molecule has 66 valence electrons. The molecule has 0 unspecified atom stereocenters. The lowest BCUT2D eigenvalue weighted by Crippen LogP contribution is -1.73. The zero-order valence-electron chi connectivity index (χ0n) is 7.97. The van der Waals surface area contributed by atoms with Gasteiger partial charge in [-0.15, -0.1) is 0 Å².